The maximum Gasteiger partial charge on any atom is 0.331 e. The van der Waals surface area contributed by atoms with Crippen molar-refractivity contribution in [2.45, 2.75) is 24.4 Å². The van der Waals surface area contributed by atoms with Crippen molar-refractivity contribution >= 4 is 16.7 Å². The van der Waals surface area contributed by atoms with Gasteiger partial charge in [0.05, 0.1) is 5.41 Å². The molecule has 0 aromatic heterocycles. The van der Waals surface area contributed by atoms with Crippen molar-refractivity contribution < 1.29 is 14.6 Å². The van der Waals surface area contributed by atoms with Crippen LogP contribution in [0.3, 0.4) is 0 Å². The Morgan fingerprint density at radius 1 is 0.875 bits per heavy atom. The Labute approximate surface area is 187 Å². The molecule has 0 saturated heterocycles. The van der Waals surface area contributed by atoms with Crippen molar-refractivity contribution in [3.8, 4) is 5.75 Å². The smallest absolute Gasteiger partial charge is 0.331 e. The van der Waals surface area contributed by atoms with E-state index in [-0.39, 0.29) is 12.0 Å². The van der Waals surface area contributed by atoms with Gasteiger partial charge in [0, 0.05) is 17.4 Å². The molecule has 0 bridgehead atoms. The van der Waals surface area contributed by atoms with Gasteiger partial charge in [-0.3, -0.25) is 0 Å². The largest absolute Gasteiger partial charge is 0.488 e. The molecule has 0 fully saturated rings. The Kier molecular flexibility index (Phi) is 5.02. The zero-order valence-corrected chi connectivity index (χ0v) is 17.7. The maximum absolute atomic E-state index is 11.8. The van der Waals surface area contributed by atoms with Gasteiger partial charge in [0.1, 0.15) is 11.9 Å². The van der Waals surface area contributed by atoms with E-state index in [1.807, 2.05) is 48.5 Å². The van der Waals surface area contributed by atoms with E-state index in [0.29, 0.717) is 6.42 Å². The average molecular weight is 421 g/mol. The number of carboxylic acids is 1. The molecule has 32 heavy (non-hydrogen) atoms. The fourth-order valence-electron chi connectivity index (χ4n) is 4.96. The minimum Gasteiger partial charge on any atom is -0.488 e. The van der Waals surface area contributed by atoms with Crippen molar-refractivity contribution in [3.63, 3.8) is 0 Å². The number of carboxylic acid groups (broad SMARTS) is 1. The number of carbonyl (C=O) groups is 1. The molecule has 0 amide bonds. The van der Waals surface area contributed by atoms with Crippen LogP contribution in [0.1, 0.15) is 23.1 Å². The highest BCUT2D eigenvalue weighted by atomic mass is 16.5. The van der Waals surface area contributed by atoms with Gasteiger partial charge in [-0.25, -0.2) is 4.79 Å². The number of hydrogen-bond donors (Lipinski definition) is 1. The molecule has 1 N–H and O–H groups in total. The molecule has 1 unspecified atom stereocenters. The highest BCUT2D eigenvalue weighted by Crippen LogP contribution is 2.49. The zero-order chi connectivity index (χ0) is 22.1. The van der Waals surface area contributed by atoms with Crippen molar-refractivity contribution in [1.29, 1.82) is 0 Å². The van der Waals surface area contributed by atoms with Crippen LogP contribution < -0.4 is 4.74 Å². The first kappa shape index (κ1) is 20.1. The van der Waals surface area contributed by atoms with Gasteiger partial charge >= 0.3 is 5.97 Å². The predicted molar refractivity (Wildman–Crippen MR) is 127 cm³/mol. The molecule has 1 heterocycles. The topological polar surface area (TPSA) is 46.5 Å². The van der Waals surface area contributed by atoms with Crippen LogP contribution in [0.5, 0.6) is 5.75 Å². The minimum atomic E-state index is -0.993. The van der Waals surface area contributed by atoms with Crippen LogP contribution in [0.4, 0.5) is 0 Å². The van der Waals surface area contributed by atoms with Gasteiger partial charge in [0.25, 0.3) is 0 Å². The van der Waals surface area contributed by atoms with Crippen LogP contribution in [-0.2, 0) is 16.6 Å². The molecular formula is C29H24O3. The third-order valence-electron chi connectivity index (χ3n) is 6.55. The molecule has 4 aromatic carbocycles. The molecule has 1 aliphatic rings. The van der Waals surface area contributed by atoms with E-state index in [1.54, 1.807) is 0 Å². The quantitative estimate of drug-likeness (QED) is 0.393. The lowest BCUT2D eigenvalue weighted by atomic mass is 9.64. The van der Waals surface area contributed by atoms with E-state index in [2.05, 4.69) is 55.1 Å². The molecule has 3 nitrogen and oxygen atoms in total. The fourth-order valence-corrected chi connectivity index (χ4v) is 4.96. The lowest BCUT2D eigenvalue weighted by Crippen LogP contribution is -2.49. The number of ether oxygens (including phenoxy) is 1. The third kappa shape index (κ3) is 3.27. The first-order valence-electron chi connectivity index (χ1n) is 10.8. The molecule has 3 heteroatoms. The van der Waals surface area contributed by atoms with Gasteiger partial charge in [0.2, 0.25) is 0 Å². The summed E-state index contributed by atoms with van der Waals surface area (Å²) in [4.78, 5) is 11.8. The molecule has 158 valence electrons. The summed E-state index contributed by atoms with van der Waals surface area (Å²) >= 11 is 0. The Morgan fingerprint density at radius 2 is 1.47 bits per heavy atom. The number of hydrogen-bond acceptors (Lipinski definition) is 2. The van der Waals surface area contributed by atoms with E-state index < -0.39 is 17.5 Å². The van der Waals surface area contributed by atoms with Crippen molar-refractivity contribution in [3.05, 3.63) is 126 Å². The number of benzene rings is 4. The fraction of sp³-hybridized carbons (Fsp3) is 0.138. The third-order valence-corrected chi connectivity index (χ3v) is 6.55. The second-order valence-electron chi connectivity index (χ2n) is 8.37. The Hall–Kier alpha value is -3.85. The summed E-state index contributed by atoms with van der Waals surface area (Å²) in [5.74, 6) is -0.152. The summed E-state index contributed by atoms with van der Waals surface area (Å²) in [7, 11) is 0. The van der Waals surface area contributed by atoms with Crippen molar-refractivity contribution in [2.24, 2.45) is 0 Å². The Bertz CT molecular complexity index is 1250. The Balaban J connectivity index is 1.77. The second-order valence-corrected chi connectivity index (χ2v) is 8.37. The van der Waals surface area contributed by atoms with E-state index in [4.69, 9.17) is 4.74 Å². The van der Waals surface area contributed by atoms with Crippen molar-refractivity contribution in [1.82, 2.24) is 0 Å². The second kappa shape index (κ2) is 8.01. The normalized spacial score (nSPS) is 16.7. The van der Waals surface area contributed by atoms with Crippen LogP contribution in [-0.4, -0.2) is 17.2 Å². The molecule has 0 saturated carbocycles. The monoisotopic (exact) mass is 420 g/mol. The van der Waals surface area contributed by atoms with E-state index in [9.17, 15) is 9.90 Å². The molecular weight excluding hydrogens is 396 g/mol. The zero-order valence-electron chi connectivity index (χ0n) is 17.7. The SMILES string of the molecule is C=C(CC1Oc2c(ccc3ccccc23)CC1(c1ccccc1)c1ccccc1)C(=O)O. The summed E-state index contributed by atoms with van der Waals surface area (Å²) < 4.78 is 6.77. The molecule has 1 aliphatic heterocycles. The minimum absolute atomic E-state index is 0.148. The molecule has 0 spiro atoms. The predicted octanol–water partition coefficient (Wildman–Crippen LogP) is 6.16. The Morgan fingerprint density at radius 3 is 2.09 bits per heavy atom. The highest BCUT2D eigenvalue weighted by Gasteiger charge is 2.48. The van der Waals surface area contributed by atoms with Gasteiger partial charge < -0.3 is 9.84 Å². The maximum atomic E-state index is 11.8. The van der Waals surface area contributed by atoms with E-state index in [0.717, 1.165) is 33.2 Å². The summed E-state index contributed by atoms with van der Waals surface area (Å²) in [6.07, 6.45) is 0.509. The first-order chi connectivity index (χ1) is 15.6. The summed E-state index contributed by atoms with van der Waals surface area (Å²) in [6.45, 7) is 3.84. The molecule has 5 rings (SSSR count). The van der Waals surface area contributed by atoms with Crippen LogP contribution in [0.15, 0.2) is 109 Å². The van der Waals surface area contributed by atoms with Gasteiger partial charge in [-0.05, 0) is 28.5 Å². The van der Waals surface area contributed by atoms with Gasteiger partial charge in [-0.2, -0.15) is 0 Å². The number of aliphatic carboxylic acids is 1. The van der Waals surface area contributed by atoms with E-state index in [1.165, 1.54) is 0 Å². The summed E-state index contributed by atoms with van der Waals surface area (Å²) in [6, 6.07) is 33.0. The summed E-state index contributed by atoms with van der Waals surface area (Å²) in [5, 5.41) is 11.8. The molecule has 1 atom stereocenters. The highest BCUT2D eigenvalue weighted by molar-refractivity contribution is 5.90. The van der Waals surface area contributed by atoms with Crippen molar-refractivity contribution in [2.75, 3.05) is 0 Å². The van der Waals surface area contributed by atoms with E-state index >= 15 is 0 Å². The number of fused-ring (bicyclic) bond motifs is 3. The number of rotatable bonds is 5. The van der Waals surface area contributed by atoms with Crippen LogP contribution in [0, 0.1) is 0 Å². The lowest BCUT2D eigenvalue weighted by Gasteiger charge is -2.46. The van der Waals surface area contributed by atoms with Gasteiger partial charge in [0.15, 0.2) is 0 Å². The van der Waals surface area contributed by atoms with Crippen LogP contribution >= 0.6 is 0 Å². The first-order valence-corrected chi connectivity index (χ1v) is 10.8. The summed E-state index contributed by atoms with van der Waals surface area (Å²) in [5.41, 5.74) is 2.93. The standard InChI is InChI=1S/C29H24O3/c1-20(28(30)31)18-26-29(23-11-4-2-5-12-23,24-13-6-3-7-14-24)19-22-17-16-21-10-8-9-15-25(21)27(22)32-26/h2-17,26H,1,18-19H2,(H,30,31). The molecule has 0 aliphatic carbocycles. The lowest BCUT2D eigenvalue weighted by molar-refractivity contribution is -0.133. The van der Waals surface area contributed by atoms with Gasteiger partial charge in [-0.1, -0.05) is 104 Å². The van der Waals surface area contributed by atoms with Gasteiger partial charge in [-0.15, -0.1) is 0 Å². The van der Waals surface area contributed by atoms with Crippen LogP contribution in [0.2, 0.25) is 0 Å². The average Bonchev–Trinajstić information content (AvgIpc) is 2.84. The van der Waals surface area contributed by atoms with Crippen LogP contribution in [0.25, 0.3) is 10.8 Å². The molecule has 4 aromatic rings. The molecule has 0 radical (unpaired) electrons.